The number of hydrogen-bond donors (Lipinski definition) is 0. The first kappa shape index (κ1) is 13.3. The molecule has 2 aromatic heterocycles. The Morgan fingerprint density at radius 1 is 1.42 bits per heavy atom. The summed E-state index contributed by atoms with van der Waals surface area (Å²) in [6.07, 6.45) is 1.53. The van der Waals surface area contributed by atoms with Gasteiger partial charge in [-0.05, 0) is 6.92 Å². The van der Waals surface area contributed by atoms with Crippen LogP contribution in [0.25, 0.3) is 0 Å². The largest absolute Gasteiger partial charge is 0.294 e. The first-order valence-electron chi connectivity index (χ1n) is 5.53. The van der Waals surface area contributed by atoms with Gasteiger partial charge in [-0.2, -0.15) is 0 Å². The summed E-state index contributed by atoms with van der Waals surface area (Å²) in [6.45, 7) is 3.23. The molecule has 2 heterocycles. The van der Waals surface area contributed by atoms with E-state index in [1.165, 1.54) is 34.0 Å². The van der Waals surface area contributed by atoms with Gasteiger partial charge >= 0.3 is 0 Å². The molecule has 19 heavy (non-hydrogen) atoms. The zero-order valence-corrected chi connectivity index (χ0v) is 11.9. The summed E-state index contributed by atoms with van der Waals surface area (Å²) in [5.41, 5.74) is 0.869. The average molecular weight is 279 g/mol. The third-order valence-corrected chi connectivity index (χ3v) is 3.85. The minimum Gasteiger partial charge on any atom is -0.294 e. The quantitative estimate of drug-likeness (QED) is 0.785. The summed E-state index contributed by atoms with van der Waals surface area (Å²) in [7, 11) is 3.28. The second-order valence-corrected chi connectivity index (χ2v) is 5.09. The van der Waals surface area contributed by atoms with Gasteiger partial charge in [-0.3, -0.25) is 19.2 Å². The van der Waals surface area contributed by atoms with E-state index in [9.17, 15) is 9.59 Å². The van der Waals surface area contributed by atoms with Gasteiger partial charge in [0.1, 0.15) is 0 Å². The van der Waals surface area contributed by atoms with E-state index in [1.807, 2.05) is 0 Å². The molecule has 1 amide bonds. The number of Topliss-reactive ketones (excluding diaryl/α,β-unsaturated/α-hetero) is 1. The molecule has 7 nitrogen and oxygen atoms in total. The lowest BCUT2D eigenvalue weighted by molar-refractivity contribution is 0.0986. The lowest BCUT2D eigenvalue weighted by atomic mass is 10.3. The number of ketones is 1. The monoisotopic (exact) mass is 279 g/mol. The highest BCUT2D eigenvalue weighted by Crippen LogP contribution is 2.26. The van der Waals surface area contributed by atoms with E-state index in [4.69, 9.17) is 0 Å². The lowest BCUT2D eigenvalue weighted by Gasteiger charge is -2.10. The van der Waals surface area contributed by atoms with E-state index in [1.54, 1.807) is 21.0 Å². The van der Waals surface area contributed by atoms with Crippen LogP contribution < -0.4 is 4.90 Å². The number of aromatic nitrogens is 4. The predicted molar refractivity (Wildman–Crippen MR) is 70.6 cm³/mol. The van der Waals surface area contributed by atoms with Gasteiger partial charge in [-0.15, -0.1) is 5.10 Å². The van der Waals surface area contributed by atoms with Crippen molar-refractivity contribution in [2.45, 2.75) is 13.8 Å². The van der Waals surface area contributed by atoms with Crippen molar-refractivity contribution in [1.29, 1.82) is 0 Å². The third-order valence-electron chi connectivity index (χ3n) is 2.52. The van der Waals surface area contributed by atoms with Crippen molar-refractivity contribution < 1.29 is 9.59 Å². The van der Waals surface area contributed by atoms with Crippen LogP contribution >= 0.6 is 11.3 Å². The molecule has 2 aromatic rings. The van der Waals surface area contributed by atoms with Crippen LogP contribution in [-0.4, -0.2) is 38.7 Å². The number of hydrogen-bond acceptors (Lipinski definition) is 6. The highest BCUT2D eigenvalue weighted by Gasteiger charge is 2.21. The third kappa shape index (κ3) is 2.53. The Bertz CT molecular complexity index is 645. The molecular formula is C11H13N5O2S. The van der Waals surface area contributed by atoms with Crippen LogP contribution in [0.2, 0.25) is 0 Å². The predicted octanol–water partition coefficient (Wildman–Crippen LogP) is 1.06. The first-order valence-corrected chi connectivity index (χ1v) is 6.34. The molecule has 0 aliphatic carbocycles. The van der Waals surface area contributed by atoms with Crippen molar-refractivity contribution >= 4 is 28.2 Å². The highest BCUT2D eigenvalue weighted by atomic mass is 32.1. The van der Waals surface area contributed by atoms with Crippen LogP contribution in [0.3, 0.4) is 0 Å². The van der Waals surface area contributed by atoms with Crippen LogP contribution in [0, 0.1) is 6.92 Å². The van der Waals surface area contributed by atoms with Gasteiger partial charge in [-0.1, -0.05) is 16.6 Å². The zero-order valence-electron chi connectivity index (χ0n) is 11.0. The normalized spacial score (nSPS) is 10.5. The molecule has 0 aromatic carbocycles. The maximum atomic E-state index is 12.1. The van der Waals surface area contributed by atoms with Crippen LogP contribution in [0.4, 0.5) is 5.13 Å². The van der Waals surface area contributed by atoms with E-state index in [0.29, 0.717) is 15.7 Å². The van der Waals surface area contributed by atoms with E-state index < -0.39 is 0 Å². The first-order chi connectivity index (χ1) is 8.90. The van der Waals surface area contributed by atoms with E-state index >= 15 is 0 Å². The molecule has 8 heteroatoms. The molecule has 100 valence electrons. The maximum absolute atomic E-state index is 12.1. The van der Waals surface area contributed by atoms with Crippen molar-refractivity contribution in [1.82, 2.24) is 20.0 Å². The summed E-state index contributed by atoms with van der Waals surface area (Å²) in [5, 5.41) is 7.94. The second-order valence-electron chi connectivity index (χ2n) is 4.11. The Balaban J connectivity index is 2.29. The molecule has 0 atom stereocenters. The fourth-order valence-corrected chi connectivity index (χ4v) is 2.48. The Morgan fingerprint density at radius 2 is 2.11 bits per heavy atom. The summed E-state index contributed by atoms with van der Waals surface area (Å²) in [5.74, 6) is -0.362. The van der Waals surface area contributed by atoms with Gasteiger partial charge in [0.15, 0.2) is 16.6 Å². The van der Waals surface area contributed by atoms with E-state index in [-0.39, 0.29) is 17.4 Å². The van der Waals surface area contributed by atoms with Gasteiger partial charge in [0.05, 0.1) is 16.8 Å². The van der Waals surface area contributed by atoms with Crippen molar-refractivity contribution in [2.24, 2.45) is 7.05 Å². The number of nitrogens with zero attached hydrogens (tertiary/aromatic N) is 5. The average Bonchev–Trinajstić information content (AvgIpc) is 2.93. The van der Waals surface area contributed by atoms with Crippen LogP contribution in [-0.2, 0) is 7.05 Å². The van der Waals surface area contributed by atoms with Crippen molar-refractivity contribution in [3.63, 3.8) is 0 Å². The highest BCUT2D eigenvalue weighted by molar-refractivity contribution is 7.17. The van der Waals surface area contributed by atoms with Crippen LogP contribution in [0.15, 0.2) is 6.20 Å². The molecule has 0 saturated carbocycles. The molecule has 0 spiro atoms. The molecule has 0 unspecified atom stereocenters. The molecule has 0 aliphatic rings. The van der Waals surface area contributed by atoms with Crippen LogP contribution in [0.5, 0.6) is 0 Å². The second kappa shape index (κ2) is 4.88. The fraction of sp³-hybridized carbons (Fsp3) is 0.364. The van der Waals surface area contributed by atoms with Crippen LogP contribution in [0.1, 0.15) is 32.8 Å². The molecule has 0 bridgehead atoms. The summed E-state index contributed by atoms with van der Waals surface area (Å²) >= 11 is 1.19. The Kier molecular flexibility index (Phi) is 3.43. The molecule has 0 aliphatic heterocycles. The van der Waals surface area contributed by atoms with Gasteiger partial charge in [0.2, 0.25) is 0 Å². The number of rotatable bonds is 3. The number of thiazole rings is 1. The van der Waals surface area contributed by atoms with Crippen molar-refractivity contribution in [2.75, 3.05) is 11.9 Å². The van der Waals surface area contributed by atoms with Gasteiger partial charge < -0.3 is 0 Å². The van der Waals surface area contributed by atoms with Gasteiger partial charge in [0.25, 0.3) is 5.91 Å². The summed E-state index contributed by atoms with van der Waals surface area (Å²) in [6, 6.07) is 0. The Labute approximate surface area is 113 Å². The standard InChI is InChI=1S/C11H13N5O2S/c1-6-9(7(2)17)19-11(12-6)16(4)10(18)8-5-15(3)14-13-8/h5H,1-4H3. The fourth-order valence-electron chi connectivity index (χ4n) is 1.56. The van der Waals surface area contributed by atoms with Crippen molar-refractivity contribution in [3.05, 3.63) is 22.5 Å². The summed E-state index contributed by atoms with van der Waals surface area (Å²) in [4.78, 5) is 29.7. The minimum atomic E-state index is -0.308. The molecule has 0 saturated heterocycles. The van der Waals surface area contributed by atoms with Gasteiger partial charge in [0, 0.05) is 21.0 Å². The molecule has 0 fully saturated rings. The topological polar surface area (TPSA) is 81.0 Å². The Hall–Kier alpha value is -2.09. The number of amides is 1. The zero-order chi connectivity index (χ0) is 14.2. The molecular weight excluding hydrogens is 266 g/mol. The smallest absolute Gasteiger partial charge is 0.281 e. The molecule has 0 N–H and O–H groups in total. The Morgan fingerprint density at radius 3 is 2.58 bits per heavy atom. The number of aryl methyl sites for hydroxylation is 2. The maximum Gasteiger partial charge on any atom is 0.281 e. The van der Waals surface area contributed by atoms with Gasteiger partial charge in [-0.25, -0.2) is 4.98 Å². The molecule has 0 radical (unpaired) electrons. The number of carbonyl (C=O) groups is 2. The molecule has 2 rings (SSSR count). The minimum absolute atomic E-state index is 0.0541. The number of anilines is 1. The SMILES string of the molecule is CC(=O)c1sc(N(C)C(=O)c2cn(C)nn2)nc1C. The van der Waals surface area contributed by atoms with E-state index in [2.05, 4.69) is 15.3 Å². The van der Waals surface area contributed by atoms with Crippen molar-refractivity contribution in [3.8, 4) is 0 Å². The summed E-state index contributed by atoms with van der Waals surface area (Å²) < 4.78 is 1.45. The number of carbonyl (C=O) groups excluding carboxylic acids is 2. The van der Waals surface area contributed by atoms with E-state index in [0.717, 1.165) is 0 Å². The lowest BCUT2D eigenvalue weighted by Crippen LogP contribution is -2.26.